The molecular weight excluding hydrogens is 224 g/mol. The molecule has 0 aromatic carbocycles. The van der Waals surface area contributed by atoms with Crippen molar-refractivity contribution < 1.29 is 0 Å². The first-order valence-corrected chi connectivity index (χ1v) is 6.99. The number of aromatic amines is 1. The monoisotopic (exact) mass is 250 g/mol. The van der Waals surface area contributed by atoms with Crippen molar-refractivity contribution in [2.75, 3.05) is 26.2 Å². The van der Waals surface area contributed by atoms with E-state index in [-0.39, 0.29) is 0 Å². The molecule has 1 N–H and O–H groups in total. The predicted molar refractivity (Wildman–Crippen MR) is 74.5 cm³/mol. The summed E-state index contributed by atoms with van der Waals surface area (Å²) in [7, 11) is 0. The van der Waals surface area contributed by atoms with E-state index in [4.69, 9.17) is 0 Å². The first-order chi connectivity index (χ1) is 8.53. The van der Waals surface area contributed by atoms with Crippen molar-refractivity contribution in [1.82, 2.24) is 19.8 Å². The van der Waals surface area contributed by atoms with Crippen LogP contribution in [0.5, 0.6) is 0 Å². The molecule has 18 heavy (non-hydrogen) atoms. The van der Waals surface area contributed by atoms with Gasteiger partial charge in [0.25, 0.3) is 0 Å². The highest BCUT2D eigenvalue weighted by atomic mass is 15.3. The highest BCUT2D eigenvalue weighted by Gasteiger charge is 2.28. The molecule has 1 aliphatic rings. The van der Waals surface area contributed by atoms with Gasteiger partial charge in [0.1, 0.15) is 0 Å². The van der Waals surface area contributed by atoms with Gasteiger partial charge >= 0.3 is 0 Å². The van der Waals surface area contributed by atoms with E-state index in [0.29, 0.717) is 5.54 Å². The number of aromatic nitrogens is 2. The van der Waals surface area contributed by atoms with Crippen LogP contribution in [0.3, 0.4) is 0 Å². The van der Waals surface area contributed by atoms with Crippen molar-refractivity contribution >= 4 is 0 Å². The van der Waals surface area contributed by atoms with Crippen LogP contribution in [0.15, 0.2) is 6.33 Å². The van der Waals surface area contributed by atoms with Crippen LogP contribution in [0.2, 0.25) is 0 Å². The first kappa shape index (κ1) is 13.6. The highest BCUT2D eigenvalue weighted by Crippen LogP contribution is 2.20. The smallest absolute Gasteiger partial charge is 0.0925 e. The molecule has 1 saturated heterocycles. The van der Waals surface area contributed by atoms with E-state index in [1.807, 2.05) is 0 Å². The number of piperazine rings is 1. The van der Waals surface area contributed by atoms with Gasteiger partial charge in [-0.25, -0.2) is 4.98 Å². The van der Waals surface area contributed by atoms with Crippen molar-refractivity contribution in [3.8, 4) is 0 Å². The number of hydrogen-bond acceptors (Lipinski definition) is 3. The fraction of sp³-hybridized carbons (Fsp3) is 0.786. The van der Waals surface area contributed by atoms with Gasteiger partial charge in [-0.15, -0.1) is 0 Å². The van der Waals surface area contributed by atoms with Crippen molar-refractivity contribution in [3.05, 3.63) is 17.7 Å². The van der Waals surface area contributed by atoms with Crippen molar-refractivity contribution in [2.24, 2.45) is 0 Å². The van der Waals surface area contributed by atoms with Crippen LogP contribution >= 0.6 is 0 Å². The molecule has 0 spiro atoms. The van der Waals surface area contributed by atoms with Gasteiger partial charge in [-0.05, 0) is 27.2 Å². The lowest BCUT2D eigenvalue weighted by molar-refractivity contribution is 0.0466. The molecule has 2 rings (SSSR count). The second-order valence-electron chi connectivity index (χ2n) is 5.90. The van der Waals surface area contributed by atoms with Gasteiger partial charge in [0, 0.05) is 44.0 Å². The zero-order valence-corrected chi connectivity index (χ0v) is 12.2. The van der Waals surface area contributed by atoms with Gasteiger partial charge in [-0.1, -0.05) is 6.92 Å². The van der Waals surface area contributed by atoms with Crippen LogP contribution in [0.25, 0.3) is 0 Å². The molecule has 0 radical (unpaired) electrons. The zero-order valence-electron chi connectivity index (χ0n) is 12.2. The van der Waals surface area contributed by atoms with Gasteiger partial charge in [0.2, 0.25) is 0 Å². The molecule has 2 heterocycles. The molecule has 0 saturated carbocycles. The third-order valence-corrected chi connectivity index (χ3v) is 4.40. The van der Waals surface area contributed by atoms with E-state index in [1.54, 1.807) is 6.33 Å². The maximum absolute atomic E-state index is 4.38. The summed E-state index contributed by atoms with van der Waals surface area (Å²) in [5.74, 6) is 0. The molecule has 0 aliphatic carbocycles. The van der Waals surface area contributed by atoms with E-state index in [9.17, 15) is 0 Å². The Kier molecular flexibility index (Phi) is 4.07. The fourth-order valence-corrected chi connectivity index (χ4v) is 2.49. The number of hydrogen-bond donors (Lipinski definition) is 1. The molecule has 1 aliphatic heterocycles. The summed E-state index contributed by atoms with van der Waals surface area (Å²) >= 11 is 0. The van der Waals surface area contributed by atoms with E-state index < -0.39 is 0 Å². The number of rotatable bonds is 4. The summed E-state index contributed by atoms with van der Waals surface area (Å²) in [6, 6.07) is 0. The number of H-pyrrole nitrogens is 1. The molecule has 0 amide bonds. The number of nitrogens with zero attached hydrogens (tertiary/aromatic N) is 3. The second-order valence-corrected chi connectivity index (χ2v) is 5.90. The summed E-state index contributed by atoms with van der Waals surface area (Å²) < 4.78 is 0. The van der Waals surface area contributed by atoms with Gasteiger partial charge in [0.05, 0.1) is 12.0 Å². The normalized spacial score (nSPS) is 19.3. The average Bonchev–Trinajstić information content (AvgIpc) is 2.76. The summed E-state index contributed by atoms with van der Waals surface area (Å²) in [6.45, 7) is 14.7. The van der Waals surface area contributed by atoms with Crippen molar-refractivity contribution in [1.29, 1.82) is 0 Å². The van der Waals surface area contributed by atoms with E-state index in [0.717, 1.165) is 19.6 Å². The minimum Gasteiger partial charge on any atom is -0.348 e. The van der Waals surface area contributed by atoms with Crippen LogP contribution < -0.4 is 0 Å². The lowest BCUT2D eigenvalue weighted by Crippen LogP contribution is -2.54. The first-order valence-electron chi connectivity index (χ1n) is 6.99. The Morgan fingerprint density at radius 1 is 1.28 bits per heavy atom. The molecule has 1 fully saturated rings. The SMILES string of the molecule is CCC(C)(C)N1CCN(Cc2nc[nH]c2C)CC1. The van der Waals surface area contributed by atoms with E-state index in [1.165, 1.54) is 30.9 Å². The second kappa shape index (κ2) is 5.41. The van der Waals surface area contributed by atoms with Crippen LogP contribution in [-0.4, -0.2) is 51.5 Å². The number of aryl methyl sites for hydroxylation is 1. The highest BCUT2D eigenvalue weighted by molar-refractivity contribution is 5.08. The topological polar surface area (TPSA) is 35.2 Å². The quantitative estimate of drug-likeness (QED) is 0.888. The van der Waals surface area contributed by atoms with Gasteiger partial charge in [0.15, 0.2) is 0 Å². The molecule has 0 unspecified atom stereocenters. The molecule has 4 heteroatoms. The maximum atomic E-state index is 4.38. The Labute approximate surface area is 110 Å². The number of nitrogens with one attached hydrogen (secondary N) is 1. The molecule has 102 valence electrons. The van der Waals surface area contributed by atoms with Crippen molar-refractivity contribution in [3.63, 3.8) is 0 Å². The van der Waals surface area contributed by atoms with Gasteiger partial charge in [-0.3, -0.25) is 9.80 Å². The van der Waals surface area contributed by atoms with Gasteiger partial charge < -0.3 is 4.98 Å². The Balaban J connectivity index is 1.86. The minimum atomic E-state index is 0.342. The lowest BCUT2D eigenvalue weighted by atomic mass is 9.98. The summed E-state index contributed by atoms with van der Waals surface area (Å²) in [5, 5.41) is 0. The summed E-state index contributed by atoms with van der Waals surface area (Å²) in [5.41, 5.74) is 2.73. The fourth-order valence-electron chi connectivity index (χ4n) is 2.49. The van der Waals surface area contributed by atoms with Crippen molar-refractivity contribution in [2.45, 2.75) is 46.2 Å². The molecule has 0 atom stereocenters. The van der Waals surface area contributed by atoms with E-state index in [2.05, 4.69) is 47.5 Å². The zero-order chi connectivity index (χ0) is 13.2. The Morgan fingerprint density at radius 2 is 1.94 bits per heavy atom. The molecule has 1 aromatic rings. The standard InChI is InChI=1S/C14H26N4/c1-5-14(3,4)18-8-6-17(7-9-18)10-13-12(2)15-11-16-13/h11H,5-10H2,1-4H3,(H,15,16). The Morgan fingerprint density at radius 3 is 2.44 bits per heavy atom. The average molecular weight is 250 g/mol. The summed E-state index contributed by atoms with van der Waals surface area (Å²) in [4.78, 5) is 12.7. The Hall–Kier alpha value is -0.870. The molecule has 0 bridgehead atoms. The van der Waals surface area contributed by atoms with Crippen LogP contribution in [0.1, 0.15) is 38.6 Å². The largest absolute Gasteiger partial charge is 0.348 e. The molecule has 1 aromatic heterocycles. The summed E-state index contributed by atoms with van der Waals surface area (Å²) in [6.07, 6.45) is 3.01. The van der Waals surface area contributed by atoms with Gasteiger partial charge in [-0.2, -0.15) is 0 Å². The Bertz CT molecular complexity index is 375. The maximum Gasteiger partial charge on any atom is 0.0925 e. The van der Waals surface area contributed by atoms with Crippen LogP contribution in [0.4, 0.5) is 0 Å². The predicted octanol–water partition coefficient (Wildman–Crippen LogP) is 2.02. The molecular formula is C14H26N4. The van der Waals surface area contributed by atoms with Crippen LogP contribution in [-0.2, 0) is 6.54 Å². The van der Waals surface area contributed by atoms with E-state index >= 15 is 0 Å². The minimum absolute atomic E-state index is 0.342. The third-order valence-electron chi connectivity index (χ3n) is 4.40. The lowest BCUT2D eigenvalue weighted by Gasteiger charge is -2.43. The van der Waals surface area contributed by atoms with Crippen LogP contribution in [0, 0.1) is 6.92 Å². The third kappa shape index (κ3) is 2.93. The molecule has 4 nitrogen and oxygen atoms in total. The number of imidazole rings is 1.